The molecule has 1 amide bonds. The van der Waals surface area contributed by atoms with E-state index in [0.29, 0.717) is 17.2 Å². The summed E-state index contributed by atoms with van der Waals surface area (Å²) < 4.78 is 25.1. The zero-order valence-corrected chi connectivity index (χ0v) is 15.9. The Balaban J connectivity index is 1.44. The normalized spacial score (nSPS) is 12.3. The summed E-state index contributed by atoms with van der Waals surface area (Å²) in [6.07, 6.45) is 1.32. The van der Waals surface area contributed by atoms with Crippen LogP contribution in [0.25, 0.3) is 16.7 Å². The summed E-state index contributed by atoms with van der Waals surface area (Å²) in [6.45, 7) is 0.251. The maximum absolute atomic E-state index is 13.2. The van der Waals surface area contributed by atoms with Crippen molar-refractivity contribution in [2.45, 2.75) is 6.54 Å². The van der Waals surface area contributed by atoms with Gasteiger partial charge >= 0.3 is 0 Å². The molecule has 1 aliphatic rings. The van der Waals surface area contributed by atoms with E-state index < -0.39 is 28.6 Å². The number of ether oxygens (including phenoxy) is 2. The third-order valence-corrected chi connectivity index (χ3v) is 4.91. The Morgan fingerprint density at radius 3 is 2.77 bits per heavy atom. The van der Waals surface area contributed by atoms with Gasteiger partial charge in [-0.3, -0.25) is 9.59 Å². The summed E-state index contributed by atoms with van der Waals surface area (Å²) in [5.41, 5.74) is 0.190. The number of amides is 1. The molecule has 0 aliphatic carbocycles. The number of aromatic nitrogens is 3. The van der Waals surface area contributed by atoms with Gasteiger partial charge in [-0.2, -0.15) is 5.10 Å². The zero-order valence-electron chi connectivity index (χ0n) is 15.9. The first kappa shape index (κ1) is 18.7. The van der Waals surface area contributed by atoms with Gasteiger partial charge in [0.05, 0.1) is 17.3 Å². The zero-order chi connectivity index (χ0) is 21.5. The molecule has 31 heavy (non-hydrogen) atoms. The predicted molar refractivity (Wildman–Crippen MR) is 107 cm³/mol. The molecule has 0 bridgehead atoms. The molecular weight excluding hydrogens is 407 g/mol. The molecule has 156 valence electrons. The van der Waals surface area contributed by atoms with Crippen molar-refractivity contribution in [3.05, 3.63) is 76.0 Å². The Hall–Kier alpha value is -4.34. The quantitative estimate of drug-likeness (QED) is 0.464. The lowest BCUT2D eigenvalue weighted by Crippen LogP contribution is -2.29. The fourth-order valence-corrected chi connectivity index (χ4v) is 3.36. The molecular formula is C21H15FN4O5. The molecule has 3 N–H and O–H groups in total. The molecule has 0 saturated carbocycles. The van der Waals surface area contributed by atoms with Crippen molar-refractivity contribution in [3.8, 4) is 22.9 Å². The number of nitrogens with zero attached hydrogens (tertiary/aromatic N) is 2. The largest absolute Gasteiger partial charge is 0.506 e. The molecule has 0 radical (unpaired) electrons. The van der Waals surface area contributed by atoms with Gasteiger partial charge in [0.25, 0.3) is 11.5 Å². The van der Waals surface area contributed by atoms with Crippen molar-refractivity contribution in [1.82, 2.24) is 20.1 Å². The number of hydrogen-bond donors (Lipinski definition) is 3. The second-order valence-corrected chi connectivity index (χ2v) is 6.84. The Bertz CT molecular complexity index is 1380. The lowest BCUT2D eigenvalue weighted by atomic mass is 10.1. The molecule has 3 heterocycles. The molecule has 0 fully saturated rings. The van der Waals surface area contributed by atoms with Gasteiger partial charge in [-0.05, 0) is 42.0 Å². The minimum absolute atomic E-state index is 0.112. The average molecular weight is 422 g/mol. The highest BCUT2D eigenvalue weighted by atomic mass is 19.1. The fourth-order valence-electron chi connectivity index (χ4n) is 3.36. The van der Waals surface area contributed by atoms with E-state index in [-0.39, 0.29) is 24.4 Å². The maximum atomic E-state index is 13.2. The Labute approximate surface area is 173 Å². The van der Waals surface area contributed by atoms with Gasteiger partial charge in [-0.1, -0.05) is 6.07 Å². The van der Waals surface area contributed by atoms with E-state index in [1.807, 2.05) is 0 Å². The number of rotatable bonds is 4. The first-order valence-corrected chi connectivity index (χ1v) is 9.27. The molecule has 5 rings (SSSR count). The maximum Gasteiger partial charge on any atom is 0.266 e. The molecule has 0 atom stereocenters. The van der Waals surface area contributed by atoms with E-state index in [2.05, 4.69) is 15.4 Å². The number of fused-ring (bicyclic) bond motifs is 2. The van der Waals surface area contributed by atoms with Crippen LogP contribution < -0.4 is 20.3 Å². The van der Waals surface area contributed by atoms with E-state index in [1.165, 1.54) is 35.1 Å². The first-order valence-electron chi connectivity index (χ1n) is 9.27. The molecule has 2 aromatic carbocycles. The van der Waals surface area contributed by atoms with E-state index in [0.717, 1.165) is 5.56 Å². The first-order chi connectivity index (χ1) is 15.0. The SMILES string of the molecule is O=C(NCc1ccc2c(c1)OCO2)c1c(O)c2cnn(-c3ccc(F)cc3)c2[nH]c1=O. The highest BCUT2D eigenvalue weighted by molar-refractivity contribution is 6.01. The molecule has 1 aliphatic heterocycles. The smallest absolute Gasteiger partial charge is 0.266 e. The number of carbonyl (C=O) groups is 1. The van der Waals surface area contributed by atoms with Gasteiger partial charge < -0.3 is 24.9 Å². The van der Waals surface area contributed by atoms with Crippen LogP contribution in [-0.4, -0.2) is 32.6 Å². The van der Waals surface area contributed by atoms with E-state index in [4.69, 9.17) is 9.47 Å². The number of hydrogen-bond acceptors (Lipinski definition) is 6. The van der Waals surface area contributed by atoms with Crippen LogP contribution >= 0.6 is 0 Å². The van der Waals surface area contributed by atoms with Gasteiger partial charge in [0.1, 0.15) is 22.8 Å². The third-order valence-electron chi connectivity index (χ3n) is 4.91. The van der Waals surface area contributed by atoms with Crippen LogP contribution in [0.3, 0.4) is 0 Å². The third kappa shape index (κ3) is 3.23. The van der Waals surface area contributed by atoms with E-state index >= 15 is 0 Å². The Kier molecular flexibility index (Phi) is 4.32. The van der Waals surface area contributed by atoms with Crippen molar-refractivity contribution in [1.29, 1.82) is 0 Å². The number of carbonyl (C=O) groups excluding carboxylic acids is 1. The summed E-state index contributed by atoms with van der Waals surface area (Å²) in [6, 6.07) is 10.7. The minimum atomic E-state index is -0.781. The summed E-state index contributed by atoms with van der Waals surface area (Å²) in [5, 5.41) is 17.5. The molecule has 4 aromatic rings. The molecule has 2 aromatic heterocycles. The van der Waals surface area contributed by atoms with E-state index in [9.17, 15) is 19.1 Å². The highest BCUT2D eigenvalue weighted by Crippen LogP contribution is 2.32. The molecule has 0 spiro atoms. The number of benzene rings is 2. The van der Waals surface area contributed by atoms with Gasteiger partial charge in [-0.15, -0.1) is 0 Å². The van der Waals surface area contributed by atoms with Crippen molar-refractivity contribution in [2.24, 2.45) is 0 Å². The number of aromatic hydroxyl groups is 1. The van der Waals surface area contributed by atoms with Crippen LogP contribution in [0.4, 0.5) is 4.39 Å². The lowest BCUT2D eigenvalue weighted by Gasteiger charge is -2.08. The monoisotopic (exact) mass is 422 g/mol. The summed E-state index contributed by atoms with van der Waals surface area (Å²) in [4.78, 5) is 27.8. The predicted octanol–water partition coefficient (Wildman–Crippen LogP) is 2.22. The number of nitrogens with one attached hydrogen (secondary N) is 2. The molecule has 0 saturated heterocycles. The van der Waals surface area contributed by atoms with Crippen LogP contribution in [0.15, 0.2) is 53.5 Å². The number of pyridine rings is 1. The van der Waals surface area contributed by atoms with Gasteiger partial charge in [0, 0.05) is 6.54 Å². The Morgan fingerprint density at radius 2 is 1.97 bits per heavy atom. The van der Waals surface area contributed by atoms with Crippen LogP contribution in [0.1, 0.15) is 15.9 Å². The van der Waals surface area contributed by atoms with E-state index in [1.54, 1.807) is 18.2 Å². The van der Waals surface area contributed by atoms with Crippen LogP contribution in [0, 0.1) is 5.82 Å². The summed E-state index contributed by atoms with van der Waals surface area (Å²) in [5.74, 6) is -0.462. The van der Waals surface area contributed by atoms with Crippen LogP contribution in [-0.2, 0) is 6.54 Å². The topological polar surface area (TPSA) is 118 Å². The minimum Gasteiger partial charge on any atom is -0.506 e. The van der Waals surface area contributed by atoms with Gasteiger partial charge in [-0.25, -0.2) is 9.07 Å². The number of aromatic amines is 1. The van der Waals surface area contributed by atoms with Crippen LogP contribution in [0.2, 0.25) is 0 Å². The second-order valence-electron chi connectivity index (χ2n) is 6.84. The molecule has 10 heteroatoms. The van der Waals surface area contributed by atoms with Crippen molar-refractivity contribution < 1.29 is 23.8 Å². The average Bonchev–Trinajstić information content (AvgIpc) is 3.39. The van der Waals surface area contributed by atoms with Gasteiger partial charge in [0.15, 0.2) is 11.5 Å². The van der Waals surface area contributed by atoms with Crippen LogP contribution in [0.5, 0.6) is 17.2 Å². The lowest BCUT2D eigenvalue weighted by molar-refractivity contribution is 0.0947. The summed E-state index contributed by atoms with van der Waals surface area (Å²) >= 11 is 0. The number of halogens is 1. The standard InChI is InChI=1S/C21H15FN4O5/c22-12-2-4-13(5-3-12)26-19-14(9-24-26)18(27)17(21(29)25-19)20(28)23-8-11-1-6-15-16(7-11)31-10-30-15/h1-7,9H,8,10H2,(H,23,28)(H2,25,27,29). The van der Waals surface area contributed by atoms with Crippen molar-refractivity contribution in [2.75, 3.05) is 6.79 Å². The van der Waals surface area contributed by atoms with Crippen molar-refractivity contribution >= 4 is 16.9 Å². The Morgan fingerprint density at radius 1 is 1.19 bits per heavy atom. The van der Waals surface area contributed by atoms with Gasteiger partial charge in [0.2, 0.25) is 6.79 Å². The second kappa shape index (κ2) is 7.17. The molecule has 9 nitrogen and oxygen atoms in total. The summed E-state index contributed by atoms with van der Waals surface area (Å²) in [7, 11) is 0. The fraction of sp³-hybridized carbons (Fsp3) is 0.0952. The highest BCUT2D eigenvalue weighted by Gasteiger charge is 2.22. The van der Waals surface area contributed by atoms with Crippen molar-refractivity contribution in [3.63, 3.8) is 0 Å². The molecule has 0 unspecified atom stereocenters. The number of H-pyrrole nitrogens is 1.